The molecule has 0 unspecified atom stereocenters. The molecule has 2 heterocycles. The van der Waals surface area contributed by atoms with Crippen molar-refractivity contribution in [1.29, 1.82) is 0 Å². The molecule has 8 nitrogen and oxygen atoms in total. The summed E-state index contributed by atoms with van der Waals surface area (Å²) in [5.74, 6) is 0.482. The molecule has 162 valence electrons. The zero-order valence-electron chi connectivity index (χ0n) is 17.7. The van der Waals surface area contributed by atoms with E-state index in [9.17, 15) is 14.4 Å². The molecule has 1 N–H and O–H groups in total. The van der Waals surface area contributed by atoms with E-state index in [1.165, 1.54) is 0 Å². The van der Waals surface area contributed by atoms with Gasteiger partial charge in [-0.15, -0.1) is 0 Å². The van der Waals surface area contributed by atoms with Crippen LogP contribution in [0.3, 0.4) is 0 Å². The number of methoxy groups -OCH3 is 1. The van der Waals surface area contributed by atoms with Gasteiger partial charge in [0.25, 0.3) is 5.91 Å². The van der Waals surface area contributed by atoms with Crippen molar-refractivity contribution in [2.45, 2.75) is 38.1 Å². The van der Waals surface area contributed by atoms with Crippen molar-refractivity contribution in [2.24, 2.45) is 5.92 Å². The predicted molar refractivity (Wildman–Crippen MR) is 112 cm³/mol. The minimum atomic E-state index is -0.821. The molecule has 1 aliphatic carbocycles. The Bertz CT molecular complexity index is 836. The summed E-state index contributed by atoms with van der Waals surface area (Å²) in [5, 5.41) is 2.91. The van der Waals surface area contributed by atoms with Crippen LogP contribution in [0, 0.1) is 5.92 Å². The van der Waals surface area contributed by atoms with E-state index >= 15 is 0 Å². The van der Waals surface area contributed by atoms with Gasteiger partial charge in [0.1, 0.15) is 17.8 Å². The molecule has 4 rings (SSSR count). The third-order valence-corrected chi connectivity index (χ3v) is 6.85. The highest BCUT2D eigenvalue weighted by atomic mass is 16.5. The van der Waals surface area contributed by atoms with Crippen LogP contribution in [0.4, 0.5) is 10.5 Å². The number of carbonyl (C=O) groups excluding carboxylic acids is 3. The zero-order chi connectivity index (χ0) is 21.3. The Morgan fingerprint density at radius 2 is 1.90 bits per heavy atom. The number of nitrogens with zero attached hydrogens (tertiary/aromatic N) is 3. The van der Waals surface area contributed by atoms with E-state index in [-0.39, 0.29) is 24.3 Å². The van der Waals surface area contributed by atoms with Crippen LogP contribution in [0.1, 0.15) is 32.6 Å². The van der Waals surface area contributed by atoms with Crippen LogP contribution in [0.15, 0.2) is 24.3 Å². The van der Waals surface area contributed by atoms with E-state index in [4.69, 9.17) is 4.74 Å². The standard InChI is InChI=1S/C22H30N4O4/c1-16-7-5-6-10-22(16)20(28)26(21(29)23-22)15-19(27)25-13-11-24(12-14-25)17-8-3-4-9-18(17)30-2/h3-4,8-9,16H,5-7,10-15H2,1-2H3,(H,23,29)/t16-,22+/m0/s1. The fourth-order valence-corrected chi connectivity index (χ4v) is 4.96. The fraction of sp³-hybridized carbons (Fsp3) is 0.591. The number of hydrogen-bond acceptors (Lipinski definition) is 5. The molecule has 30 heavy (non-hydrogen) atoms. The second kappa shape index (κ2) is 8.16. The van der Waals surface area contributed by atoms with Gasteiger partial charge in [-0.05, 0) is 30.9 Å². The lowest BCUT2D eigenvalue weighted by atomic mass is 9.73. The van der Waals surface area contributed by atoms with Gasteiger partial charge < -0.3 is 19.9 Å². The van der Waals surface area contributed by atoms with E-state index in [1.807, 2.05) is 31.2 Å². The molecule has 0 radical (unpaired) electrons. The number of rotatable bonds is 4. The average Bonchev–Trinajstić information content (AvgIpc) is 3.00. The van der Waals surface area contributed by atoms with E-state index in [0.717, 1.165) is 35.6 Å². The summed E-state index contributed by atoms with van der Waals surface area (Å²) in [7, 11) is 1.65. The summed E-state index contributed by atoms with van der Waals surface area (Å²) in [5.41, 5.74) is 0.187. The number of para-hydroxylation sites is 2. The Morgan fingerprint density at radius 3 is 2.60 bits per heavy atom. The van der Waals surface area contributed by atoms with Crippen molar-refractivity contribution in [1.82, 2.24) is 15.1 Å². The van der Waals surface area contributed by atoms with Crippen LogP contribution < -0.4 is 15.0 Å². The minimum absolute atomic E-state index is 0.0900. The molecule has 4 amide bonds. The first kappa shape index (κ1) is 20.5. The van der Waals surface area contributed by atoms with Gasteiger partial charge >= 0.3 is 6.03 Å². The third kappa shape index (κ3) is 3.48. The second-order valence-electron chi connectivity index (χ2n) is 8.48. The lowest BCUT2D eigenvalue weighted by Gasteiger charge is -2.38. The predicted octanol–water partition coefficient (Wildman–Crippen LogP) is 1.84. The van der Waals surface area contributed by atoms with Crippen LogP contribution in [-0.2, 0) is 9.59 Å². The molecule has 0 bridgehead atoms. The number of anilines is 1. The van der Waals surface area contributed by atoms with Gasteiger partial charge in [0.05, 0.1) is 12.8 Å². The van der Waals surface area contributed by atoms with E-state index < -0.39 is 11.6 Å². The number of carbonyl (C=O) groups is 3. The highest BCUT2D eigenvalue weighted by Crippen LogP contribution is 2.38. The number of imide groups is 1. The topological polar surface area (TPSA) is 82.2 Å². The molecular weight excluding hydrogens is 384 g/mol. The molecule has 2 saturated heterocycles. The van der Waals surface area contributed by atoms with Crippen molar-refractivity contribution >= 4 is 23.5 Å². The molecule has 0 aromatic heterocycles. The Morgan fingerprint density at radius 1 is 1.17 bits per heavy atom. The molecule has 8 heteroatoms. The lowest BCUT2D eigenvalue weighted by Crippen LogP contribution is -2.55. The van der Waals surface area contributed by atoms with Crippen molar-refractivity contribution in [3.63, 3.8) is 0 Å². The van der Waals surface area contributed by atoms with Gasteiger partial charge in [-0.1, -0.05) is 31.9 Å². The molecule has 3 aliphatic rings. The van der Waals surface area contributed by atoms with Crippen molar-refractivity contribution < 1.29 is 19.1 Å². The largest absolute Gasteiger partial charge is 0.495 e. The first-order chi connectivity index (χ1) is 14.5. The fourth-order valence-electron chi connectivity index (χ4n) is 4.96. The van der Waals surface area contributed by atoms with Gasteiger partial charge in [-0.3, -0.25) is 14.5 Å². The Kier molecular flexibility index (Phi) is 5.58. The summed E-state index contributed by atoms with van der Waals surface area (Å²) < 4.78 is 5.44. The van der Waals surface area contributed by atoms with Gasteiger partial charge in [0, 0.05) is 26.2 Å². The minimum Gasteiger partial charge on any atom is -0.495 e. The number of nitrogens with one attached hydrogen (secondary N) is 1. The summed E-state index contributed by atoms with van der Waals surface area (Å²) in [6.45, 7) is 4.26. The van der Waals surface area contributed by atoms with Crippen LogP contribution in [0.25, 0.3) is 0 Å². The number of ether oxygens (including phenoxy) is 1. The summed E-state index contributed by atoms with van der Waals surface area (Å²) in [6, 6.07) is 7.39. The van der Waals surface area contributed by atoms with Crippen molar-refractivity contribution in [3.05, 3.63) is 24.3 Å². The normalized spacial score (nSPS) is 26.9. The maximum atomic E-state index is 13.1. The maximum absolute atomic E-state index is 13.1. The Balaban J connectivity index is 1.37. The molecular formula is C22H30N4O4. The smallest absolute Gasteiger partial charge is 0.325 e. The van der Waals surface area contributed by atoms with Crippen LogP contribution >= 0.6 is 0 Å². The second-order valence-corrected chi connectivity index (χ2v) is 8.48. The third-order valence-electron chi connectivity index (χ3n) is 6.85. The Hall–Kier alpha value is -2.77. The van der Waals surface area contributed by atoms with E-state index in [2.05, 4.69) is 10.2 Å². The van der Waals surface area contributed by atoms with Gasteiger partial charge in [-0.2, -0.15) is 0 Å². The molecule has 2 aliphatic heterocycles. The number of piperazine rings is 1. The van der Waals surface area contributed by atoms with Gasteiger partial charge in [0.15, 0.2) is 0 Å². The van der Waals surface area contributed by atoms with Gasteiger partial charge in [-0.25, -0.2) is 4.79 Å². The molecule has 1 aromatic rings. The van der Waals surface area contributed by atoms with Crippen LogP contribution in [0.5, 0.6) is 5.75 Å². The summed E-state index contributed by atoms with van der Waals surface area (Å²) >= 11 is 0. The van der Waals surface area contributed by atoms with Crippen molar-refractivity contribution in [3.8, 4) is 5.75 Å². The van der Waals surface area contributed by atoms with E-state index in [0.29, 0.717) is 32.6 Å². The quantitative estimate of drug-likeness (QED) is 0.761. The average molecular weight is 415 g/mol. The highest BCUT2D eigenvalue weighted by Gasteiger charge is 2.55. The number of benzene rings is 1. The van der Waals surface area contributed by atoms with Crippen LogP contribution in [-0.4, -0.2) is 73.0 Å². The zero-order valence-corrected chi connectivity index (χ0v) is 17.7. The molecule has 1 aromatic carbocycles. The SMILES string of the molecule is COc1ccccc1N1CCN(C(=O)CN2C(=O)N[C@@]3(CCCC[C@@H]3C)C2=O)CC1. The first-order valence-electron chi connectivity index (χ1n) is 10.8. The number of amides is 4. The van der Waals surface area contributed by atoms with Gasteiger partial charge in [0.2, 0.25) is 5.91 Å². The molecule has 1 saturated carbocycles. The lowest BCUT2D eigenvalue weighted by molar-refractivity contribution is -0.140. The highest BCUT2D eigenvalue weighted by molar-refractivity contribution is 6.09. The Labute approximate surface area is 177 Å². The maximum Gasteiger partial charge on any atom is 0.325 e. The summed E-state index contributed by atoms with van der Waals surface area (Å²) in [4.78, 5) is 43.5. The van der Waals surface area contributed by atoms with E-state index in [1.54, 1.807) is 12.0 Å². The monoisotopic (exact) mass is 414 g/mol. The molecule has 2 atom stereocenters. The van der Waals surface area contributed by atoms with Crippen molar-refractivity contribution in [2.75, 3.05) is 44.7 Å². The molecule has 1 spiro atoms. The number of hydrogen-bond donors (Lipinski definition) is 1. The first-order valence-corrected chi connectivity index (χ1v) is 10.8. The molecule has 3 fully saturated rings. The van der Waals surface area contributed by atoms with Crippen LogP contribution in [0.2, 0.25) is 0 Å². The summed E-state index contributed by atoms with van der Waals surface area (Å²) in [6.07, 6.45) is 3.56. The number of urea groups is 1.